The number of amides is 2. The van der Waals surface area contributed by atoms with Crippen molar-refractivity contribution in [2.24, 2.45) is 11.7 Å². The predicted molar refractivity (Wildman–Crippen MR) is 128 cm³/mol. The molecular formula is C26H39N3O5. The molecule has 8 heteroatoms. The van der Waals surface area contributed by atoms with Gasteiger partial charge in [-0.15, -0.1) is 0 Å². The summed E-state index contributed by atoms with van der Waals surface area (Å²) in [5, 5.41) is 29.1. The Hall–Kier alpha value is -2.00. The van der Waals surface area contributed by atoms with Gasteiger partial charge >= 0.3 is 0 Å². The maximum atomic E-state index is 12.8. The number of hydrogen-bond acceptors (Lipinski definition) is 6. The summed E-state index contributed by atoms with van der Waals surface area (Å²) in [6.07, 6.45) is 5.93. The third kappa shape index (κ3) is 5.79. The van der Waals surface area contributed by atoms with Gasteiger partial charge in [0.15, 0.2) is 6.10 Å². The molecule has 34 heavy (non-hydrogen) atoms. The number of benzene rings is 1. The Kier molecular flexibility index (Phi) is 8.24. The Morgan fingerprint density at radius 3 is 2.38 bits per heavy atom. The summed E-state index contributed by atoms with van der Waals surface area (Å²) in [5.74, 6) is -0.0856. The van der Waals surface area contributed by atoms with Crippen molar-refractivity contribution in [3.63, 3.8) is 0 Å². The first-order valence-corrected chi connectivity index (χ1v) is 12.8. The van der Waals surface area contributed by atoms with E-state index in [9.17, 15) is 24.9 Å². The van der Waals surface area contributed by atoms with Gasteiger partial charge in [-0.05, 0) is 80.9 Å². The van der Waals surface area contributed by atoms with Crippen LogP contribution >= 0.6 is 0 Å². The van der Waals surface area contributed by atoms with Crippen LogP contribution in [0.15, 0.2) is 24.3 Å². The number of primary amides is 1. The van der Waals surface area contributed by atoms with Crippen LogP contribution in [0, 0.1) is 5.92 Å². The van der Waals surface area contributed by atoms with Gasteiger partial charge in [-0.3, -0.25) is 14.5 Å². The molecule has 3 fully saturated rings. The van der Waals surface area contributed by atoms with Crippen molar-refractivity contribution >= 4 is 11.8 Å². The van der Waals surface area contributed by atoms with Crippen molar-refractivity contribution in [1.82, 2.24) is 9.80 Å². The van der Waals surface area contributed by atoms with E-state index in [0.717, 1.165) is 57.9 Å². The summed E-state index contributed by atoms with van der Waals surface area (Å²) in [4.78, 5) is 28.6. The number of carbonyl (C=O) groups excluding carboxylic acids is 2. The molecule has 0 spiro atoms. The summed E-state index contributed by atoms with van der Waals surface area (Å²) in [7, 11) is 0. The first-order chi connectivity index (χ1) is 16.4. The molecule has 2 bridgehead atoms. The number of nitrogens with two attached hydrogens (primary N) is 1. The zero-order chi connectivity index (χ0) is 24.2. The van der Waals surface area contributed by atoms with E-state index in [1.807, 2.05) is 12.1 Å². The molecule has 0 radical (unpaired) electrons. The highest BCUT2D eigenvalue weighted by Crippen LogP contribution is 2.43. The van der Waals surface area contributed by atoms with E-state index in [4.69, 9.17) is 5.73 Å². The summed E-state index contributed by atoms with van der Waals surface area (Å²) >= 11 is 0. The molecule has 188 valence electrons. The topological polar surface area (TPSA) is 127 Å². The number of aliphatic hydroxyl groups is 3. The fraction of sp³-hybridized carbons (Fsp3) is 0.692. The Balaban J connectivity index is 1.38. The number of carbonyl (C=O) groups is 2. The number of fused-ring (bicyclic) bond motifs is 2. The van der Waals surface area contributed by atoms with Crippen molar-refractivity contribution in [2.45, 2.75) is 81.6 Å². The van der Waals surface area contributed by atoms with Gasteiger partial charge in [-0.1, -0.05) is 12.1 Å². The number of piperidine rings is 1. The normalized spacial score (nSPS) is 30.1. The second-order valence-corrected chi connectivity index (χ2v) is 10.4. The summed E-state index contributed by atoms with van der Waals surface area (Å²) in [6.45, 7) is 1.28. The molecule has 1 aromatic rings. The van der Waals surface area contributed by atoms with Gasteiger partial charge < -0.3 is 26.0 Å². The number of nitrogens with zero attached hydrogens (tertiary/aromatic N) is 2. The Bertz CT molecular complexity index is 843. The average Bonchev–Trinajstić information content (AvgIpc) is 3.08. The first kappa shape index (κ1) is 25.1. The van der Waals surface area contributed by atoms with Gasteiger partial charge in [0.05, 0.1) is 12.7 Å². The zero-order valence-corrected chi connectivity index (χ0v) is 19.9. The Morgan fingerprint density at radius 1 is 1.09 bits per heavy atom. The molecule has 2 aliphatic heterocycles. The van der Waals surface area contributed by atoms with Crippen LogP contribution in [0.3, 0.4) is 0 Å². The van der Waals surface area contributed by atoms with Crippen LogP contribution in [0.2, 0.25) is 0 Å². The molecule has 1 aliphatic carbocycles. The van der Waals surface area contributed by atoms with Crippen LogP contribution in [-0.4, -0.2) is 87.5 Å². The number of rotatable bonds is 9. The SMILES string of the molecule is NC(=O)c1cccc(C2C[C@H]3CC[C@@H](C2)N3CCN(CC2CCC(O)CC2)C(=O)[C@@H](O)CO)c1. The minimum atomic E-state index is -1.38. The molecule has 2 amide bonds. The fourth-order valence-corrected chi connectivity index (χ4v) is 6.31. The lowest BCUT2D eigenvalue weighted by molar-refractivity contribution is -0.143. The van der Waals surface area contributed by atoms with E-state index >= 15 is 0 Å². The van der Waals surface area contributed by atoms with Crippen LogP contribution in [0.4, 0.5) is 0 Å². The van der Waals surface area contributed by atoms with E-state index in [0.29, 0.717) is 42.6 Å². The quantitative estimate of drug-likeness (QED) is 0.427. The molecule has 1 unspecified atom stereocenters. The molecule has 0 aromatic heterocycles. The van der Waals surface area contributed by atoms with Crippen molar-refractivity contribution < 1.29 is 24.9 Å². The largest absolute Gasteiger partial charge is 0.393 e. The third-order valence-electron chi connectivity index (χ3n) is 8.22. The molecule has 3 aliphatic rings. The maximum Gasteiger partial charge on any atom is 0.253 e. The second-order valence-electron chi connectivity index (χ2n) is 10.4. The minimum Gasteiger partial charge on any atom is -0.393 e. The van der Waals surface area contributed by atoms with Crippen molar-refractivity contribution in [3.05, 3.63) is 35.4 Å². The highest BCUT2D eigenvalue weighted by Gasteiger charge is 2.41. The second kappa shape index (κ2) is 11.2. The lowest BCUT2D eigenvalue weighted by Crippen LogP contribution is -2.50. The van der Waals surface area contributed by atoms with Crippen LogP contribution in [-0.2, 0) is 4.79 Å². The molecule has 2 heterocycles. The van der Waals surface area contributed by atoms with Gasteiger partial charge in [0, 0.05) is 37.3 Å². The lowest BCUT2D eigenvalue weighted by atomic mass is 9.84. The summed E-state index contributed by atoms with van der Waals surface area (Å²) in [5.41, 5.74) is 7.20. The Labute approximate surface area is 201 Å². The molecule has 1 aromatic carbocycles. The monoisotopic (exact) mass is 473 g/mol. The van der Waals surface area contributed by atoms with Gasteiger partial charge in [0.2, 0.25) is 5.91 Å². The van der Waals surface area contributed by atoms with Crippen LogP contribution in [0.25, 0.3) is 0 Å². The maximum absolute atomic E-state index is 12.8. The van der Waals surface area contributed by atoms with Gasteiger partial charge in [0.1, 0.15) is 0 Å². The van der Waals surface area contributed by atoms with Gasteiger partial charge in [-0.25, -0.2) is 0 Å². The molecule has 2 saturated heterocycles. The van der Waals surface area contributed by atoms with E-state index in [1.165, 1.54) is 5.56 Å². The predicted octanol–water partition coefficient (Wildman–Crippen LogP) is 1.23. The average molecular weight is 474 g/mol. The number of hydrogen-bond donors (Lipinski definition) is 4. The fourth-order valence-electron chi connectivity index (χ4n) is 6.31. The smallest absolute Gasteiger partial charge is 0.253 e. The van der Waals surface area contributed by atoms with Crippen LogP contribution in [0.5, 0.6) is 0 Å². The van der Waals surface area contributed by atoms with E-state index in [2.05, 4.69) is 11.0 Å². The molecule has 5 N–H and O–H groups in total. The van der Waals surface area contributed by atoms with E-state index in [1.54, 1.807) is 11.0 Å². The van der Waals surface area contributed by atoms with Crippen LogP contribution < -0.4 is 5.73 Å². The summed E-state index contributed by atoms with van der Waals surface area (Å²) < 4.78 is 0. The number of aliphatic hydroxyl groups excluding tert-OH is 3. The van der Waals surface area contributed by atoms with Crippen molar-refractivity contribution in [3.8, 4) is 0 Å². The zero-order valence-electron chi connectivity index (χ0n) is 19.9. The highest BCUT2D eigenvalue weighted by atomic mass is 16.3. The van der Waals surface area contributed by atoms with Gasteiger partial charge in [-0.2, -0.15) is 0 Å². The summed E-state index contributed by atoms with van der Waals surface area (Å²) in [6, 6.07) is 8.55. The molecule has 1 saturated carbocycles. The molecule has 4 atom stereocenters. The molecular weight excluding hydrogens is 434 g/mol. The first-order valence-electron chi connectivity index (χ1n) is 12.8. The van der Waals surface area contributed by atoms with E-state index < -0.39 is 24.5 Å². The standard InChI is InChI=1S/C26H39N3O5/c27-25(33)19-3-1-2-18(12-19)20-13-21-6-7-22(14-20)29(21)11-10-28(26(34)24(32)16-30)15-17-4-8-23(31)9-5-17/h1-3,12,17,20-24,30-32H,4-11,13-16H2,(H2,27,33)/t17?,20?,21-,22+,23?,24-/m0/s1. The van der Waals surface area contributed by atoms with E-state index in [-0.39, 0.29) is 6.10 Å². The molecule has 8 nitrogen and oxygen atoms in total. The van der Waals surface area contributed by atoms with Crippen molar-refractivity contribution in [1.29, 1.82) is 0 Å². The molecule has 4 rings (SSSR count). The Morgan fingerprint density at radius 2 is 1.76 bits per heavy atom. The third-order valence-corrected chi connectivity index (χ3v) is 8.22. The highest BCUT2D eigenvalue weighted by molar-refractivity contribution is 5.92. The van der Waals surface area contributed by atoms with Crippen LogP contribution in [0.1, 0.15) is 73.2 Å². The minimum absolute atomic E-state index is 0.246. The van der Waals surface area contributed by atoms with Crippen molar-refractivity contribution in [2.75, 3.05) is 26.2 Å². The lowest BCUT2D eigenvalue weighted by Gasteiger charge is -2.41. The van der Waals surface area contributed by atoms with Gasteiger partial charge in [0.25, 0.3) is 5.91 Å².